The Kier molecular flexibility index (Phi) is 14.5. The molecule has 2 saturated heterocycles. The van der Waals surface area contributed by atoms with Gasteiger partial charge in [0, 0.05) is 25.3 Å². The van der Waals surface area contributed by atoms with Crippen molar-refractivity contribution in [3.8, 4) is 0 Å². The highest BCUT2D eigenvalue weighted by Gasteiger charge is 2.60. The first-order valence-corrected chi connectivity index (χ1v) is 22.0. The molecular weight excluding hydrogens is 551 g/mol. The Morgan fingerprint density at radius 3 is 2.10 bits per heavy atom. The molecule has 2 rings (SSSR count). The summed E-state index contributed by atoms with van der Waals surface area (Å²) in [4.78, 5) is 27.0. The van der Waals surface area contributed by atoms with Gasteiger partial charge in [0.15, 0.2) is 22.4 Å². The molecule has 0 aromatic rings. The van der Waals surface area contributed by atoms with Gasteiger partial charge in [-0.2, -0.15) is 0 Å². The number of carbonyl (C=O) groups excluding carboxylic acids is 2. The topological polar surface area (TPSA) is 74.3 Å². The van der Waals surface area contributed by atoms with Crippen molar-refractivity contribution in [3.63, 3.8) is 0 Å². The molecule has 0 aromatic heterocycles. The van der Waals surface area contributed by atoms with Crippen molar-refractivity contribution in [2.75, 3.05) is 13.2 Å². The molecule has 2 aliphatic heterocycles. The summed E-state index contributed by atoms with van der Waals surface area (Å²) in [6.45, 7) is 23.2. The van der Waals surface area contributed by atoms with Crippen LogP contribution in [0.15, 0.2) is 0 Å². The summed E-state index contributed by atoms with van der Waals surface area (Å²) < 4.78 is 27.7. The second-order valence-corrected chi connectivity index (χ2v) is 22.6. The average Bonchev–Trinajstić information content (AvgIpc) is 3.34. The standard InChI is InChI=1S/C32H63NO6Si2/c1-11-20-36-31(35)33-24-26(9)21-27(10)32(33)23-29(39-41(15-5,16-6)17-7)30(37-32)28(22-25(8)18-19-34)38-40(12-2,13-3)14-4/h19,25-30H,11-18,20-24H2,1-10H3/t25-,26-,27+,28-,29-,30-,32+/m1/s1. The number of ether oxygens (including phenoxy) is 2. The van der Waals surface area contributed by atoms with Gasteiger partial charge in [-0.1, -0.05) is 69.2 Å². The number of amides is 1. The SMILES string of the molecule is CCCOC(=O)N1C[C@H](C)C[C@H](C)[C@@]12C[C@@H](O[Si](CC)(CC)CC)[C@@H]([C@@H](C[C@H](C)CC=O)O[Si](CC)(CC)CC)O2. The van der Waals surface area contributed by atoms with E-state index in [4.69, 9.17) is 18.3 Å². The minimum atomic E-state index is -2.01. The Bertz CT molecular complexity index is 791. The summed E-state index contributed by atoms with van der Waals surface area (Å²) in [6.07, 6.45) is 3.77. The predicted octanol–water partition coefficient (Wildman–Crippen LogP) is 8.39. The summed E-state index contributed by atoms with van der Waals surface area (Å²) in [5, 5.41) is 0. The first-order valence-electron chi connectivity index (χ1n) is 16.9. The third kappa shape index (κ3) is 8.46. The first-order chi connectivity index (χ1) is 19.5. The Labute approximate surface area is 254 Å². The molecule has 0 radical (unpaired) electrons. The van der Waals surface area contributed by atoms with Crippen LogP contribution >= 0.6 is 0 Å². The Hall–Kier alpha value is -0.746. The second kappa shape index (κ2) is 16.4. The zero-order chi connectivity index (χ0) is 30.8. The van der Waals surface area contributed by atoms with E-state index in [9.17, 15) is 9.59 Å². The minimum absolute atomic E-state index is 0.135. The zero-order valence-electron chi connectivity index (χ0n) is 28.1. The number of likely N-dealkylation sites (tertiary alicyclic amines) is 1. The van der Waals surface area contributed by atoms with Gasteiger partial charge in [0.05, 0.1) is 18.8 Å². The lowest BCUT2D eigenvalue weighted by atomic mass is 9.80. The lowest BCUT2D eigenvalue weighted by molar-refractivity contribution is -0.204. The molecule has 41 heavy (non-hydrogen) atoms. The molecule has 1 spiro atoms. The second-order valence-electron chi connectivity index (χ2n) is 13.1. The van der Waals surface area contributed by atoms with Crippen LogP contribution in [0.4, 0.5) is 4.79 Å². The normalized spacial score (nSPS) is 28.6. The number of rotatable bonds is 17. The first kappa shape index (κ1) is 36.4. The van der Waals surface area contributed by atoms with Gasteiger partial charge in [0.25, 0.3) is 0 Å². The fraction of sp³-hybridized carbons (Fsp3) is 0.938. The number of nitrogens with zero attached hydrogens (tertiary/aromatic N) is 1. The molecule has 0 saturated carbocycles. The Morgan fingerprint density at radius 2 is 1.59 bits per heavy atom. The maximum atomic E-state index is 13.6. The summed E-state index contributed by atoms with van der Waals surface area (Å²) in [6, 6.07) is 6.29. The lowest BCUT2D eigenvalue weighted by Crippen LogP contribution is -2.61. The number of hydrogen-bond acceptors (Lipinski definition) is 6. The Balaban J connectivity index is 2.65. The van der Waals surface area contributed by atoms with Crippen molar-refractivity contribution in [1.29, 1.82) is 0 Å². The van der Waals surface area contributed by atoms with E-state index in [-0.39, 0.29) is 36.2 Å². The van der Waals surface area contributed by atoms with E-state index in [1.807, 2.05) is 11.8 Å². The van der Waals surface area contributed by atoms with Crippen molar-refractivity contribution in [1.82, 2.24) is 4.90 Å². The Morgan fingerprint density at radius 1 is 1.00 bits per heavy atom. The van der Waals surface area contributed by atoms with Crippen LogP contribution in [0.25, 0.3) is 0 Å². The van der Waals surface area contributed by atoms with E-state index in [0.29, 0.717) is 31.9 Å². The van der Waals surface area contributed by atoms with Gasteiger partial charge in [0.1, 0.15) is 12.4 Å². The molecule has 0 N–H and O–H groups in total. The van der Waals surface area contributed by atoms with Crippen molar-refractivity contribution in [3.05, 3.63) is 0 Å². The molecule has 0 unspecified atom stereocenters. The molecule has 2 fully saturated rings. The molecule has 240 valence electrons. The van der Waals surface area contributed by atoms with Crippen LogP contribution in [0.2, 0.25) is 36.3 Å². The highest BCUT2D eigenvalue weighted by atomic mass is 28.4. The van der Waals surface area contributed by atoms with Crippen LogP contribution in [0.3, 0.4) is 0 Å². The van der Waals surface area contributed by atoms with Crippen molar-refractivity contribution < 1.29 is 27.9 Å². The fourth-order valence-electron chi connectivity index (χ4n) is 7.32. The molecule has 2 aliphatic rings. The van der Waals surface area contributed by atoms with Gasteiger partial charge in [-0.3, -0.25) is 4.90 Å². The molecule has 0 aliphatic carbocycles. The fourth-order valence-corrected chi connectivity index (χ4v) is 13.1. The van der Waals surface area contributed by atoms with Crippen molar-refractivity contribution in [2.45, 2.75) is 162 Å². The van der Waals surface area contributed by atoms with E-state index in [2.05, 4.69) is 62.3 Å². The van der Waals surface area contributed by atoms with Crippen LogP contribution in [0, 0.1) is 17.8 Å². The molecule has 7 atom stereocenters. The van der Waals surface area contributed by atoms with Gasteiger partial charge in [-0.05, 0) is 67.4 Å². The largest absolute Gasteiger partial charge is 0.449 e. The van der Waals surface area contributed by atoms with Crippen LogP contribution in [0.5, 0.6) is 0 Å². The molecule has 2 heterocycles. The van der Waals surface area contributed by atoms with Gasteiger partial charge < -0.3 is 23.1 Å². The highest BCUT2D eigenvalue weighted by molar-refractivity contribution is 6.74. The molecule has 9 heteroatoms. The lowest BCUT2D eigenvalue weighted by Gasteiger charge is -2.50. The van der Waals surface area contributed by atoms with Gasteiger partial charge in [0.2, 0.25) is 0 Å². The maximum absolute atomic E-state index is 13.6. The monoisotopic (exact) mass is 613 g/mol. The smallest absolute Gasteiger partial charge is 0.412 e. The average molecular weight is 614 g/mol. The number of hydrogen-bond donors (Lipinski definition) is 0. The summed E-state index contributed by atoms with van der Waals surface area (Å²) in [5.74, 6) is 0.675. The zero-order valence-corrected chi connectivity index (χ0v) is 30.1. The molecule has 0 aromatic carbocycles. The van der Waals surface area contributed by atoms with Crippen LogP contribution in [-0.4, -0.2) is 71.1 Å². The van der Waals surface area contributed by atoms with E-state index < -0.39 is 22.4 Å². The molecule has 0 bridgehead atoms. The maximum Gasteiger partial charge on any atom is 0.412 e. The summed E-state index contributed by atoms with van der Waals surface area (Å²) in [7, 11) is -4.02. The number of piperidine rings is 1. The highest BCUT2D eigenvalue weighted by Crippen LogP contribution is 2.49. The molecular formula is C32H63NO6Si2. The van der Waals surface area contributed by atoms with Gasteiger partial charge in [-0.15, -0.1) is 0 Å². The van der Waals surface area contributed by atoms with E-state index in [0.717, 1.165) is 61.8 Å². The number of aldehydes is 1. The number of carbonyl (C=O) groups is 2. The summed E-state index contributed by atoms with van der Waals surface area (Å²) in [5.41, 5.74) is -0.785. The molecule has 1 amide bonds. The van der Waals surface area contributed by atoms with Crippen LogP contribution in [-0.2, 0) is 23.1 Å². The van der Waals surface area contributed by atoms with Crippen LogP contribution < -0.4 is 0 Å². The van der Waals surface area contributed by atoms with Crippen molar-refractivity contribution in [2.24, 2.45) is 17.8 Å². The summed E-state index contributed by atoms with van der Waals surface area (Å²) >= 11 is 0. The van der Waals surface area contributed by atoms with Crippen LogP contribution in [0.1, 0.15) is 101 Å². The van der Waals surface area contributed by atoms with Gasteiger partial charge in [-0.25, -0.2) is 4.79 Å². The third-order valence-electron chi connectivity index (χ3n) is 10.5. The van der Waals surface area contributed by atoms with E-state index >= 15 is 0 Å². The van der Waals surface area contributed by atoms with Crippen molar-refractivity contribution >= 4 is 29.0 Å². The third-order valence-corrected chi connectivity index (χ3v) is 19.8. The van der Waals surface area contributed by atoms with E-state index in [1.54, 1.807) is 0 Å². The quantitative estimate of drug-likeness (QED) is 0.121. The van der Waals surface area contributed by atoms with E-state index in [1.165, 1.54) is 0 Å². The molecule has 7 nitrogen and oxygen atoms in total. The minimum Gasteiger partial charge on any atom is -0.449 e. The predicted molar refractivity (Wildman–Crippen MR) is 172 cm³/mol. The van der Waals surface area contributed by atoms with Gasteiger partial charge >= 0.3 is 6.09 Å².